The lowest BCUT2D eigenvalue weighted by Crippen LogP contribution is -2.42. The van der Waals surface area contributed by atoms with Gasteiger partial charge in [0.2, 0.25) is 15.9 Å². The summed E-state index contributed by atoms with van der Waals surface area (Å²) < 4.78 is 27.3. The molecule has 0 fully saturated rings. The third-order valence-electron chi connectivity index (χ3n) is 4.73. The zero-order chi connectivity index (χ0) is 22.1. The molecule has 5 nitrogen and oxygen atoms in total. The van der Waals surface area contributed by atoms with Gasteiger partial charge in [0.05, 0.1) is 18.8 Å². The van der Waals surface area contributed by atoms with Gasteiger partial charge in [-0.2, -0.15) is 4.31 Å². The summed E-state index contributed by atoms with van der Waals surface area (Å²) in [5.74, 6) is -0.394. The fraction of sp³-hybridized carbons (Fsp3) is 0.208. The topological polar surface area (TPSA) is 57.7 Å². The Bertz CT molecular complexity index is 1070. The molecule has 2 aromatic carbocycles. The molecule has 0 aliphatic rings. The van der Waals surface area contributed by atoms with Gasteiger partial charge in [-0.1, -0.05) is 72.8 Å². The summed E-state index contributed by atoms with van der Waals surface area (Å²) in [4.78, 5) is 16.0. The highest BCUT2D eigenvalue weighted by Gasteiger charge is 2.26. The van der Waals surface area contributed by atoms with Crippen LogP contribution in [0.15, 0.2) is 90.8 Å². The van der Waals surface area contributed by atoms with E-state index >= 15 is 0 Å². The van der Waals surface area contributed by atoms with E-state index in [1.54, 1.807) is 40.5 Å². The molecule has 0 aliphatic carbocycles. The summed E-state index contributed by atoms with van der Waals surface area (Å²) in [6, 6.07) is 22.6. The van der Waals surface area contributed by atoms with Crippen LogP contribution in [0, 0.1) is 0 Å². The third kappa shape index (κ3) is 6.89. The highest BCUT2D eigenvalue weighted by molar-refractivity contribution is 7.88. The lowest BCUT2D eigenvalue weighted by atomic mass is 10.2. The molecular weight excluding hydrogens is 428 g/mol. The minimum Gasteiger partial charge on any atom is -0.332 e. The van der Waals surface area contributed by atoms with E-state index in [2.05, 4.69) is 6.58 Å². The molecule has 0 radical (unpaired) electrons. The van der Waals surface area contributed by atoms with Crippen LogP contribution in [-0.4, -0.2) is 36.6 Å². The van der Waals surface area contributed by atoms with Gasteiger partial charge in [-0.25, -0.2) is 8.42 Å². The summed E-state index contributed by atoms with van der Waals surface area (Å²) in [5.41, 5.74) is 1.68. The van der Waals surface area contributed by atoms with E-state index < -0.39 is 10.0 Å². The minimum atomic E-state index is -3.68. The third-order valence-corrected chi connectivity index (χ3v) is 7.35. The quantitative estimate of drug-likeness (QED) is 0.406. The van der Waals surface area contributed by atoms with Crippen LogP contribution in [-0.2, 0) is 33.7 Å². The molecule has 0 aliphatic heterocycles. The van der Waals surface area contributed by atoms with Gasteiger partial charge in [-0.15, -0.1) is 17.9 Å². The number of amides is 1. The Morgan fingerprint density at radius 2 is 1.55 bits per heavy atom. The van der Waals surface area contributed by atoms with Crippen LogP contribution < -0.4 is 0 Å². The van der Waals surface area contributed by atoms with Crippen LogP contribution in [0.5, 0.6) is 0 Å². The molecule has 0 saturated carbocycles. The van der Waals surface area contributed by atoms with Crippen molar-refractivity contribution in [2.45, 2.75) is 18.8 Å². The zero-order valence-electron chi connectivity index (χ0n) is 17.3. The minimum absolute atomic E-state index is 0.0824. The molecule has 0 atom stereocenters. The smallest absolute Gasteiger partial charge is 0.238 e. The van der Waals surface area contributed by atoms with E-state index in [-0.39, 0.29) is 24.7 Å². The molecule has 0 N–H and O–H groups in total. The monoisotopic (exact) mass is 454 g/mol. The van der Waals surface area contributed by atoms with Gasteiger partial charge >= 0.3 is 0 Å². The van der Waals surface area contributed by atoms with Crippen LogP contribution >= 0.6 is 11.3 Å². The maximum Gasteiger partial charge on any atom is 0.238 e. The molecule has 0 bridgehead atoms. The molecule has 1 heterocycles. The van der Waals surface area contributed by atoms with Crippen molar-refractivity contribution in [1.82, 2.24) is 9.21 Å². The Morgan fingerprint density at radius 1 is 0.903 bits per heavy atom. The van der Waals surface area contributed by atoms with Crippen LogP contribution in [0.4, 0.5) is 0 Å². The molecule has 0 saturated heterocycles. The van der Waals surface area contributed by atoms with Crippen molar-refractivity contribution in [3.05, 3.63) is 107 Å². The standard InChI is InChI=1S/C24H26N2O3S2/c1-2-15-26(31(28,29)20-22-12-7-4-8-13-22)19-24(27)25(18-23-14-9-16-30-23)17-21-10-5-3-6-11-21/h2-14,16H,1,15,17-20H2. The lowest BCUT2D eigenvalue weighted by molar-refractivity contribution is -0.132. The first-order valence-electron chi connectivity index (χ1n) is 9.94. The summed E-state index contributed by atoms with van der Waals surface area (Å²) in [6.07, 6.45) is 1.51. The summed E-state index contributed by atoms with van der Waals surface area (Å²) >= 11 is 1.57. The number of benzene rings is 2. The number of nitrogens with zero attached hydrogens (tertiary/aromatic N) is 2. The Morgan fingerprint density at radius 3 is 2.13 bits per heavy atom. The number of hydrogen-bond donors (Lipinski definition) is 0. The highest BCUT2D eigenvalue weighted by Crippen LogP contribution is 2.17. The van der Waals surface area contributed by atoms with Crippen LogP contribution in [0.25, 0.3) is 0 Å². The molecule has 1 aromatic heterocycles. The molecule has 3 aromatic rings. The van der Waals surface area contributed by atoms with Crippen molar-refractivity contribution in [2.24, 2.45) is 0 Å². The fourth-order valence-electron chi connectivity index (χ4n) is 3.17. The Labute approximate surface area is 188 Å². The fourth-order valence-corrected chi connectivity index (χ4v) is 5.33. The van der Waals surface area contributed by atoms with Gasteiger partial charge < -0.3 is 4.90 Å². The van der Waals surface area contributed by atoms with Crippen molar-refractivity contribution < 1.29 is 13.2 Å². The van der Waals surface area contributed by atoms with E-state index in [0.29, 0.717) is 18.7 Å². The normalized spacial score (nSPS) is 11.4. The number of hydrogen-bond acceptors (Lipinski definition) is 4. The number of carbonyl (C=O) groups excluding carboxylic acids is 1. The SMILES string of the molecule is C=CCN(CC(=O)N(Cc1ccccc1)Cc1cccs1)S(=O)(=O)Cc1ccccc1. The Kier molecular flexibility index (Phi) is 8.17. The number of thiophene rings is 1. The second-order valence-electron chi connectivity index (χ2n) is 7.14. The maximum absolute atomic E-state index is 13.2. The second kappa shape index (κ2) is 11.0. The van der Waals surface area contributed by atoms with Crippen LogP contribution in [0.2, 0.25) is 0 Å². The number of rotatable bonds is 11. The highest BCUT2D eigenvalue weighted by atomic mass is 32.2. The van der Waals surface area contributed by atoms with Crippen molar-refractivity contribution in [3.8, 4) is 0 Å². The second-order valence-corrected chi connectivity index (χ2v) is 10.1. The average molecular weight is 455 g/mol. The first kappa shape index (κ1) is 22.9. The van der Waals surface area contributed by atoms with Crippen LogP contribution in [0.3, 0.4) is 0 Å². The van der Waals surface area contributed by atoms with Crippen molar-refractivity contribution in [2.75, 3.05) is 13.1 Å². The molecule has 162 valence electrons. The first-order chi connectivity index (χ1) is 15.0. The van der Waals surface area contributed by atoms with E-state index in [9.17, 15) is 13.2 Å². The van der Waals surface area contributed by atoms with Gasteiger partial charge in [0.25, 0.3) is 0 Å². The molecule has 3 rings (SSSR count). The number of carbonyl (C=O) groups is 1. The van der Waals surface area contributed by atoms with Crippen molar-refractivity contribution in [3.63, 3.8) is 0 Å². The predicted molar refractivity (Wildman–Crippen MR) is 126 cm³/mol. The predicted octanol–water partition coefficient (Wildman–Crippen LogP) is 4.29. The van der Waals surface area contributed by atoms with Crippen LogP contribution in [0.1, 0.15) is 16.0 Å². The molecule has 0 unspecified atom stereocenters. The molecular formula is C24H26N2O3S2. The van der Waals surface area contributed by atoms with Gasteiger partial charge in [-0.3, -0.25) is 4.79 Å². The van der Waals surface area contributed by atoms with Gasteiger partial charge in [0, 0.05) is 18.0 Å². The number of sulfonamides is 1. The van der Waals surface area contributed by atoms with Gasteiger partial charge in [-0.05, 0) is 22.6 Å². The van der Waals surface area contributed by atoms with Crippen molar-refractivity contribution >= 4 is 27.3 Å². The van der Waals surface area contributed by atoms with Crippen molar-refractivity contribution in [1.29, 1.82) is 0 Å². The average Bonchev–Trinajstić information content (AvgIpc) is 3.27. The maximum atomic E-state index is 13.2. The first-order valence-corrected chi connectivity index (χ1v) is 12.4. The molecule has 31 heavy (non-hydrogen) atoms. The molecule has 1 amide bonds. The summed E-state index contributed by atoms with van der Waals surface area (Å²) in [6.45, 7) is 4.38. The van der Waals surface area contributed by atoms with Gasteiger partial charge in [0.1, 0.15) is 0 Å². The van der Waals surface area contributed by atoms with E-state index in [4.69, 9.17) is 0 Å². The Balaban J connectivity index is 1.78. The molecule has 0 spiro atoms. The Hall–Kier alpha value is -2.74. The van der Waals surface area contributed by atoms with E-state index in [1.165, 1.54) is 10.4 Å². The summed E-state index contributed by atoms with van der Waals surface area (Å²) in [7, 11) is -3.68. The lowest BCUT2D eigenvalue weighted by Gasteiger charge is -2.26. The molecule has 7 heteroatoms. The van der Waals surface area contributed by atoms with E-state index in [1.807, 2.05) is 53.9 Å². The summed E-state index contributed by atoms with van der Waals surface area (Å²) in [5, 5.41) is 1.97. The largest absolute Gasteiger partial charge is 0.332 e. The van der Waals surface area contributed by atoms with E-state index in [0.717, 1.165) is 10.4 Å². The van der Waals surface area contributed by atoms with Gasteiger partial charge in [0.15, 0.2) is 0 Å². The zero-order valence-corrected chi connectivity index (χ0v) is 18.9.